The number of piperazine rings is 3. The Morgan fingerprint density at radius 2 is 0.899 bits per heavy atom. The number of para-hydroxylation sites is 1. The summed E-state index contributed by atoms with van der Waals surface area (Å²) in [5, 5.41) is 5.46. The summed E-state index contributed by atoms with van der Waals surface area (Å²) in [5.74, 6) is -1.90. The van der Waals surface area contributed by atoms with Crippen molar-refractivity contribution in [3.8, 4) is 0 Å². The van der Waals surface area contributed by atoms with Gasteiger partial charge in [0.25, 0.3) is 34.4 Å². The van der Waals surface area contributed by atoms with Gasteiger partial charge in [-0.25, -0.2) is 14.4 Å². The number of aromatic nitrogens is 3. The van der Waals surface area contributed by atoms with Crippen LogP contribution in [0.15, 0.2) is 134 Å². The fraction of sp³-hybridized carbons (Fsp3) is 0.412. The van der Waals surface area contributed by atoms with E-state index in [0.29, 0.717) is 159 Å². The summed E-state index contributed by atoms with van der Waals surface area (Å²) in [5.41, 5.74) is 4.48. The van der Waals surface area contributed by atoms with Crippen LogP contribution in [0.25, 0.3) is 32.7 Å². The van der Waals surface area contributed by atoms with Crippen LogP contribution in [-0.2, 0) is 33.8 Å². The molecule has 3 fully saturated rings. The molecule has 580 valence electrons. The Morgan fingerprint density at radius 1 is 0.450 bits per heavy atom. The lowest BCUT2D eigenvalue weighted by Crippen LogP contribution is -2.49. The van der Waals surface area contributed by atoms with E-state index in [-0.39, 0.29) is 65.4 Å². The number of furan rings is 1. The number of pyridine rings is 3. The van der Waals surface area contributed by atoms with Crippen molar-refractivity contribution < 1.29 is 47.4 Å². The Labute approximate surface area is 652 Å². The second-order valence-electron chi connectivity index (χ2n) is 27.4. The van der Waals surface area contributed by atoms with Gasteiger partial charge in [0, 0.05) is 131 Å². The van der Waals surface area contributed by atoms with E-state index in [4.69, 9.17) is 53.4 Å². The number of carbonyl (C=O) groups is 6. The van der Waals surface area contributed by atoms with Crippen LogP contribution in [0.4, 0.5) is 17.1 Å². The molecule has 0 aliphatic carbocycles. The van der Waals surface area contributed by atoms with Crippen LogP contribution in [0.1, 0.15) is 101 Å². The third-order valence-electron chi connectivity index (χ3n) is 19.2. The smallest absolute Gasteiger partial charge is 0.345 e. The van der Waals surface area contributed by atoms with Crippen LogP contribution < -0.4 is 31.4 Å². The van der Waals surface area contributed by atoms with E-state index >= 15 is 0 Å². The second-order valence-corrected chi connectivity index (χ2v) is 29.6. The lowest BCUT2D eigenvalue weighted by Gasteiger charge is -2.37. The molecule has 5 aromatic heterocycles. The summed E-state index contributed by atoms with van der Waals surface area (Å²) in [7, 11) is 11.8. The quantitative estimate of drug-likeness (QED) is 0.0427. The van der Waals surface area contributed by atoms with E-state index in [9.17, 15) is 43.2 Å². The summed E-state index contributed by atoms with van der Waals surface area (Å²) >= 11 is 20.0. The van der Waals surface area contributed by atoms with Crippen LogP contribution >= 0.6 is 46.1 Å². The largest absolute Gasteiger partial charge is 0.462 e. The Hall–Kier alpha value is -9.54. The summed E-state index contributed by atoms with van der Waals surface area (Å²) < 4.78 is 26.3. The maximum Gasteiger partial charge on any atom is 0.345 e. The minimum Gasteiger partial charge on any atom is -0.462 e. The summed E-state index contributed by atoms with van der Waals surface area (Å²) in [4.78, 5) is 138. The lowest BCUT2D eigenvalue weighted by molar-refractivity contribution is 0.0514. The van der Waals surface area contributed by atoms with E-state index in [2.05, 4.69) is 9.80 Å². The highest BCUT2D eigenvalue weighted by Crippen LogP contribution is 2.36. The van der Waals surface area contributed by atoms with Gasteiger partial charge < -0.3 is 76.4 Å². The number of hydrogen-bond acceptors (Lipinski definition) is 20. The molecule has 0 atom stereocenters. The number of thiophene rings is 1. The van der Waals surface area contributed by atoms with Gasteiger partial charge in [0.1, 0.15) is 16.7 Å². The number of rotatable bonds is 23. The van der Waals surface area contributed by atoms with Crippen LogP contribution in [0.3, 0.4) is 0 Å². The Kier molecular flexibility index (Phi) is 28.4. The number of fused-ring (bicyclic) bond motifs is 3. The number of ether oxygens (including phenoxy) is 3. The average molecular weight is 1570 g/mol. The highest BCUT2D eigenvalue weighted by molar-refractivity contribution is 7.12. The van der Waals surface area contributed by atoms with Gasteiger partial charge in [-0.05, 0) is 174 Å². The van der Waals surface area contributed by atoms with Crippen LogP contribution in [0.2, 0.25) is 15.1 Å². The third kappa shape index (κ3) is 19.2. The van der Waals surface area contributed by atoms with Crippen LogP contribution in [0.5, 0.6) is 0 Å². The standard InChI is InChI=1S/C28H31Cl3N4O4.C27H34N4O4S.C25H30N4O5/c1-4-39-28(38)24-25(20-17-19(29)7-9-23(20)35(27(24)37)11-5-10-32(2)3)33-12-14-34(15-13-33)26(36)18-6-8-21(30)22(31)16-18;1-5-35-27(34)23-24(29-13-15-30(16-14-29)25(32)22-8-6-17-36-22)20-18-19(2)9-10-21(20)31(26(23)33)12-7-11-28(3)4;1-4-33-25(32)21-22(27-12-14-28(15-13-27)23(30)20-10-7-17-34-20)18-8-5-6-9-19(18)29(24(21)31)16-11-26(2)3/h6-9,16-17H,4-5,10-15H2,1-3H3;6,8-10,17-18H,5,7,11-16H2,1-4H3;5-10,17H,4,11-16H2,1-3H3. The van der Waals surface area contributed by atoms with Crippen molar-refractivity contribution in [2.45, 2.75) is 60.2 Å². The highest BCUT2D eigenvalue weighted by Gasteiger charge is 2.35. The second kappa shape index (κ2) is 37.7. The average Bonchev–Trinajstić information content (AvgIpc) is 0.969. The van der Waals surface area contributed by atoms with E-state index in [1.807, 2.05) is 140 Å². The number of anilines is 3. The van der Waals surface area contributed by atoms with Gasteiger partial charge in [-0.1, -0.05) is 70.7 Å². The molecule has 3 aliphatic rings. The predicted octanol–water partition coefficient (Wildman–Crippen LogP) is 10.8. The highest BCUT2D eigenvalue weighted by atomic mass is 35.5. The Morgan fingerprint density at radius 3 is 1.36 bits per heavy atom. The van der Waals surface area contributed by atoms with Crippen molar-refractivity contribution in [2.24, 2.45) is 0 Å². The zero-order valence-corrected chi connectivity index (χ0v) is 66.5. The van der Waals surface area contributed by atoms with Gasteiger partial charge in [-0.2, -0.15) is 0 Å². The molecule has 9 aromatic rings. The number of benzene rings is 4. The zero-order valence-electron chi connectivity index (χ0n) is 63.4. The molecule has 0 saturated carbocycles. The zero-order chi connectivity index (χ0) is 78.3. The molecular formula is C80H95Cl3N12O13S. The van der Waals surface area contributed by atoms with Crippen LogP contribution in [0, 0.1) is 6.92 Å². The first kappa shape index (κ1) is 82.0. The summed E-state index contributed by atoms with van der Waals surface area (Å²) in [6.45, 7) is 16.8. The number of carbonyl (C=O) groups excluding carboxylic acids is 6. The number of likely N-dealkylation sites (N-methyl/N-ethyl adjacent to an activating group) is 1. The van der Waals surface area contributed by atoms with E-state index in [0.717, 1.165) is 58.2 Å². The molecular weight excluding hydrogens is 1480 g/mol. The number of aryl methyl sites for hydroxylation is 3. The van der Waals surface area contributed by atoms with Gasteiger partial charge >= 0.3 is 17.9 Å². The summed E-state index contributed by atoms with van der Waals surface area (Å²) in [6, 6.07) is 30.8. The first-order chi connectivity index (χ1) is 52.3. The van der Waals surface area contributed by atoms with Crippen molar-refractivity contribution in [1.29, 1.82) is 0 Å². The van der Waals surface area contributed by atoms with Crippen molar-refractivity contribution in [2.75, 3.05) is 175 Å². The van der Waals surface area contributed by atoms with Crippen molar-refractivity contribution in [1.82, 2.24) is 43.1 Å². The molecule has 0 radical (unpaired) electrons. The van der Waals surface area contributed by atoms with Crippen molar-refractivity contribution >= 4 is 132 Å². The minimum absolute atomic E-state index is 0.0132. The molecule has 0 N–H and O–H groups in total. The topological polar surface area (TPSA) is 238 Å². The molecule has 3 aliphatic heterocycles. The fourth-order valence-electron chi connectivity index (χ4n) is 13.9. The first-order valence-electron chi connectivity index (χ1n) is 36.6. The molecule has 4 aromatic carbocycles. The number of halogens is 3. The molecule has 109 heavy (non-hydrogen) atoms. The summed E-state index contributed by atoms with van der Waals surface area (Å²) in [6.07, 6.45) is 2.98. The van der Waals surface area contributed by atoms with E-state index in [1.54, 1.807) is 86.7 Å². The predicted molar refractivity (Wildman–Crippen MR) is 431 cm³/mol. The Balaban J connectivity index is 0.000000175. The van der Waals surface area contributed by atoms with E-state index in [1.165, 1.54) is 17.6 Å². The van der Waals surface area contributed by atoms with Gasteiger partial charge in [0.05, 0.1) is 74.6 Å². The normalized spacial score (nSPS) is 14.0. The molecule has 25 nitrogen and oxygen atoms in total. The number of hydrogen-bond donors (Lipinski definition) is 0. The van der Waals surface area contributed by atoms with E-state index < -0.39 is 23.5 Å². The van der Waals surface area contributed by atoms with Crippen molar-refractivity contribution in [3.05, 3.63) is 199 Å². The molecule has 29 heteroatoms. The van der Waals surface area contributed by atoms with Gasteiger partial charge in [0.2, 0.25) is 0 Å². The number of amides is 3. The molecule has 0 unspecified atom stereocenters. The van der Waals surface area contributed by atoms with Crippen LogP contribution in [-0.4, -0.2) is 239 Å². The maximum atomic E-state index is 13.8. The van der Waals surface area contributed by atoms with Gasteiger partial charge in [-0.15, -0.1) is 11.3 Å². The third-order valence-corrected chi connectivity index (χ3v) is 21.0. The fourth-order valence-corrected chi connectivity index (χ4v) is 15.0. The lowest BCUT2D eigenvalue weighted by atomic mass is 10.0. The van der Waals surface area contributed by atoms with Gasteiger partial charge in [-0.3, -0.25) is 28.8 Å². The number of esters is 3. The number of nitrogens with zero attached hydrogens (tertiary/aromatic N) is 12. The Bertz CT molecular complexity index is 4940. The van der Waals surface area contributed by atoms with Gasteiger partial charge in [0.15, 0.2) is 5.76 Å². The molecule has 3 amide bonds. The minimum atomic E-state index is -0.671. The SMILES string of the molecule is CCOC(=O)c1c(N2CCN(C(=O)c3ccc(Cl)c(Cl)c3)CC2)c2cc(Cl)ccc2n(CCCN(C)C)c1=O.CCOC(=O)c1c(N2CCN(C(=O)c3ccco3)CC2)c2ccccc2n(CCN(C)C)c1=O.CCOC(=O)c1c(N2CCN(C(=O)c3cccs3)CC2)c2cc(C)ccc2n(CCCN(C)C)c1=O. The monoisotopic (exact) mass is 1570 g/mol. The maximum absolute atomic E-state index is 13.8. The first-order valence-corrected chi connectivity index (χ1v) is 38.7. The molecule has 0 bridgehead atoms. The molecule has 0 spiro atoms. The molecule has 12 rings (SSSR count). The molecule has 3 saturated heterocycles. The van der Waals surface area contributed by atoms with Crippen molar-refractivity contribution in [3.63, 3.8) is 0 Å². The molecule has 8 heterocycles.